The normalized spacial score (nSPS) is 10.5. The molecule has 0 bridgehead atoms. The third-order valence-corrected chi connectivity index (χ3v) is 3.38. The quantitative estimate of drug-likeness (QED) is 0.915. The molecule has 6 heteroatoms. The molecular formula is C15H18N2O4. The third kappa shape index (κ3) is 2.56. The summed E-state index contributed by atoms with van der Waals surface area (Å²) in [5, 5.41) is 13.1. The number of nitrogens with zero attached hydrogens (tertiary/aromatic N) is 2. The first-order valence-corrected chi connectivity index (χ1v) is 6.55. The van der Waals surface area contributed by atoms with Crippen molar-refractivity contribution in [1.82, 2.24) is 9.78 Å². The molecule has 1 N–H and O–H groups in total. The number of aromatic carboxylic acids is 1. The van der Waals surface area contributed by atoms with Gasteiger partial charge in [0.2, 0.25) is 0 Å². The number of rotatable bonds is 5. The van der Waals surface area contributed by atoms with Crippen molar-refractivity contribution in [2.24, 2.45) is 7.05 Å². The second-order valence-corrected chi connectivity index (χ2v) is 4.52. The highest BCUT2D eigenvalue weighted by atomic mass is 16.5. The minimum Gasteiger partial charge on any atom is -0.496 e. The Morgan fingerprint density at radius 3 is 2.38 bits per heavy atom. The van der Waals surface area contributed by atoms with Gasteiger partial charge in [0.15, 0.2) is 5.69 Å². The van der Waals surface area contributed by atoms with Crippen LogP contribution in [0, 0.1) is 0 Å². The third-order valence-electron chi connectivity index (χ3n) is 3.38. The van der Waals surface area contributed by atoms with Crippen LogP contribution in [0.1, 0.15) is 23.0 Å². The molecule has 1 aromatic heterocycles. The second-order valence-electron chi connectivity index (χ2n) is 4.52. The Labute approximate surface area is 122 Å². The van der Waals surface area contributed by atoms with Crippen molar-refractivity contribution >= 4 is 5.97 Å². The Kier molecular flexibility index (Phi) is 4.16. The molecule has 0 amide bonds. The van der Waals surface area contributed by atoms with E-state index in [0.717, 1.165) is 23.3 Å². The van der Waals surface area contributed by atoms with E-state index in [0.29, 0.717) is 11.4 Å². The maximum Gasteiger partial charge on any atom is 0.356 e. The molecule has 0 unspecified atom stereocenters. The Morgan fingerprint density at radius 1 is 1.29 bits per heavy atom. The van der Waals surface area contributed by atoms with Gasteiger partial charge in [-0.25, -0.2) is 4.79 Å². The van der Waals surface area contributed by atoms with Crippen LogP contribution < -0.4 is 9.47 Å². The molecule has 0 saturated heterocycles. The van der Waals surface area contributed by atoms with Crippen LogP contribution in [-0.4, -0.2) is 35.1 Å². The molecule has 2 rings (SSSR count). The van der Waals surface area contributed by atoms with E-state index in [-0.39, 0.29) is 5.69 Å². The van der Waals surface area contributed by atoms with Gasteiger partial charge in [0, 0.05) is 18.2 Å². The Morgan fingerprint density at radius 2 is 1.90 bits per heavy atom. The van der Waals surface area contributed by atoms with Crippen molar-refractivity contribution < 1.29 is 19.4 Å². The lowest BCUT2D eigenvalue weighted by atomic mass is 9.99. The van der Waals surface area contributed by atoms with Crippen molar-refractivity contribution in [3.63, 3.8) is 0 Å². The molecule has 0 fully saturated rings. The monoisotopic (exact) mass is 290 g/mol. The van der Waals surface area contributed by atoms with Gasteiger partial charge >= 0.3 is 5.97 Å². The van der Waals surface area contributed by atoms with Crippen LogP contribution in [-0.2, 0) is 13.5 Å². The summed E-state index contributed by atoms with van der Waals surface area (Å²) in [5.41, 5.74) is 2.44. The molecule has 21 heavy (non-hydrogen) atoms. The fourth-order valence-electron chi connectivity index (χ4n) is 2.41. The van der Waals surface area contributed by atoms with Gasteiger partial charge in [0.05, 0.1) is 19.9 Å². The number of methoxy groups -OCH3 is 2. The predicted octanol–water partition coefficient (Wildman–Crippen LogP) is 2.36. The Hall–Kier alpha value is -2.50. The lowest BCUT2D eigenvalue weighted by molar-refractivity contribution is 0.0689. The van der Waals surface area contributed by atoms with Crippen molar-refractivity contribution in [2.45, 2.75) is 13.3 Å². The SMILES string of the molecule is CCc1c(OC)ccc(OC)c1-c1cc(C(=O)O)nn1C. The summed E-state index contributed by atoms with van der Waals surface area (Å²) in [7, 11) is 4.90. The van der Waals surface area contributed by atoms with Gasteiger partial charge in [-0.05, 0) is 24.6 Å². The summed E-state index contributed by atoms with van der Waals surface area (Å²) in [5.74, 6) is 0.343. The maximum absolute atomic E-state index is 11.1. The van der Waals surface area contributed by atoms with Gasteiger partial charge in [0.25, 0.3) is 0 Å². The van der Waals surface area contributed by atoms with Crippen LogP contribution in [0.3, 0.4) is 0 Å². The van der Waals surface area contributed by atoms with E-state index in [9.17, 15) is 4.79 Å². The number of hydrogen-bond donors (Lipinski definition) is 1. The van der Waals surface area contributed by atoms with Crippen LogP contribution in [0.5, 0.6) is 11.5 Å². The van der Waals surface area contributed by atoms with Crippen LogP contribution >= 0.6 is 0 Å². The molecule has 6 nitrogen and oxygen atoms in total. The molecule has 0 spiro atoms. The maximum atomic E-state index is 11.1. The van der Waals surface area contributed by atoms with E-state index in [1.165, 1.54) is 0 Å². The van der Waals surface area contributed by atoms with E-state index < -0.39 is 5.97 Å². The predicted molar refractivity (Wildman–Crippen MR) is 78.1 cm³/mol. The second kappa shape index (κ2) is 5.87. The van der Waals surface area contributed by atoms with Gasteiger partial charge in [-0.15, -0.1) is 0 Å². The molecule has 0 aliphatic rings. The molecule has 0 radical (unpaired) electrons. The first-order chi connectivity index (χ1) is 10.0. The summed E-state index contributed by atoms with van der Waals surface area (Å²) in [6.45, 7) is 2.01. The van der Waals surface area contributed by atoms with E-state index in [1.807, 2.05) is 13.0 Å². The molecule has 2 aromatic rings. The minimum absolute atomic E-state index is 0.000531. The average molecular weight is 290 g/mol. The lowest BCUT2D eigenvalue weighted by Gasteiger charge is -2.16. The van der Waals surface area contributed by atoms with Crippen LogP contribution in [0.15, 0.2) is 18.2 Å². The number of ether oxygens (including phenoxy) is 2. The van der Waals surface area contributed by atoms with Crippen molar-refractivity contribution in [1.29, 1.82) is 0 Å². The van der Waals surface area contributed by atoms with Crippen molar-refractivity contribution in [3.05, 3.63) is 29.5 Å². The zero-order chi connectivity index (χ0) is 15.6. The van der Waals surface area contributed by atoms with Gasteiger partial charge in [0.1, 0.15) is 11.5 Å². The summed E-state index contributed by atoms with van der Waals surface area (Å²) >= 11 is 0. The molecule has 0 saturated carbocycles. The van der Waals surface area contributed by atoms with Gasteiger partial charge in [-0.1, -0.05) is 6.92 Å². The first kappa shape index (κ1) is 14.9. The zero-order valence-electron chi connectivity index (χ0n) is 12.5. The number of benzene rings is 1. The Balaban J connectivity index is 2.74. The smallest absolute Gasteiger partial charge is 0.356 e. The molecule has 112 valence electrons. The van der Waals surface area contributed by atoms with Crippen molar-refractivity contribution in [2.75, 3.05) is 14.2 Å². The van der Waals surface area contributed by atoms with Crippen LogP contribution in [0.2, 0.25) is 0 Å². The molecular weight excluding hydrogens is 272 g/mol. The molecule has 0 aliphatic heterocycles. The van der Waals surface area contributed by atoms with E-state index in [1.54, 1.807) is 38.1 Å². The van der Waals surface area contributed by atoms with Gasteiger partial charge in [-0.2, -0.15) is 5.10 Å². The molecule has 1 heterocycles. The first-order valence-electron chi connectivity index (χ1n) is 6.55. The summed E-state index contributed by atoms with van der Waals surface area (Å²) < 4.78 is 12.4. The van der Waals surface area contributed by atoms with Crippen LogP contribution in [0.4, 0.5) is 0 Å². The molecule has 0 atom stereocenters. The van der Waals surface area contributed by atoms with Crippen LogP contribution in [0.25, 0.3) is 11.3 Å². The number of hydrogen-bond acceptors (Lipinski definition) is 4. The average Bonchev–Trinajstić information content (AvgIpc) is 2.87. The lowest BCUT2D eigenvalue weighted by Crippen LogP contribution is -2.02. The summed E-state index contributed by atoms with van der Waals surface area (Å²) in [4.78, 5) is 11.1. The van der Waals surface area contributed by atoms with Gasteiger partial charge < -0.3 is 14.6 Å². The fourth-order valence-corrected chi connectivity index (χ4v) is 2.41. The topological polar surface area (TPSA) is 73.6 Å². The number of carboxylic acids is 1. The number of aryl methyl sites for hydroxylation is 1. The van der Waals surface area contributed by atoms with E-state index in [2.05, 4.69) is 5.10 Å². The Bertz CT molecular complexity index is 677. The summed E-state index contributed by atoms with van der Waals surface area (Å²) in [6.07, 6.45) is 0.725. The highest BCUT2D eigenvalue weighted by molar-refractivity contribution is 5.88. The largest absolute Gasteiger partial charge is 0.496 e. The summed E-state index contributed by atoms with van der Waals surface area (Å²) in [6, 6.07) is 5.19. The highest BCUT2D eigenvalue weighted by Gasteiger charge is 2.20. The number of aromatic nitrogens is 2. The standard InChI is InChI=1S/C15H18N2O4/c1-5-9-12(20-3)6-7-13(21-4)14(9)11-8-10(15(18)19)16-17(11)2/h6-8H,5H2,1-4H3,(H,18,19). The zero-order valence-corrected chi connectivity index (χ0v) is 12.5. The van der Waals surface area contributed by atoms with Crippen molar-refractivity contribution in [3.8, 4) is 22.8 Å². The fraction of sp³-hybridized carbons (Fsp3) is 0.333. The highest BCUT2D eigenvalue weighted by Crippen LogP contribution is 2.38. The minimum atomic E-state index is -1.06. The molecule has 0 aliphatic carbocycles. The van der Waals surface area contributed by atoms with E-state index >= 15 is 0 Å². The number of carbonyl (C=O) groups is 1. The number of carboxylic acid groups (broad SMARTS) is 1. The van der Waals surface area contributed by atoms with Gasteiger partial charge in [-0.3, -0.25) is 4.68 Å². The molecule has 1 aromatic carbocycles. The van der Waals surface area contributed by atoms with E-state index in [4.69, 9.17) is 14.6 Å².